The van der Waals surface area contributed by atoms with Crippen LogP contribution < -0.4 is 0 Å². The predicted octanol–water partition coefficient (Wildman–Crippen LogP) is 3.31. The average molecular weight is 249 g/mol. The van der Waals surface area contributed by atoms with E-state index in [0.717, 1.165) is 12.8 Å². The molecule has 3 atom stereocenters. The molecule has 2 aliphatic carbocycles. The lowest BCUT2D eigenvalue weighted by Gasteiger charge is -2.55. The highest BCUT2D eigenvalue weighted by atomic mass is 16.3. The van der Waals surface area contributed by atoms with Crippen molar-refractivity contribution in [2.24, 2.45) is 16.7 Å². The highest BCUT2D eigenvalue weighted by Crippen LogP contribution is 2.60. The monoisotopic (exact) mass is 249 g/mol. The Bertz CT molecular complexity index is 442. The second-order valence-corrected chi connectivity index (χ2v) is 7.26. The fourth-order valence-electron chi connectivity index (χ4n) is 4.44. The summed E-state index contributed by atoms with van der Waals surface area (Å²) in [5, 5.41) is 29.8. The Kier molecular flexibility index (Phi) is 2.79. The topological polar surface area (TPSA) is 64.2 Å². The molecule has 0 heterocycles. The molecule has 1 saturated carbocycles. The van der Waals surface area contributed by atoms with E-state index in [2.05, 4.69) is 13.0 Å². The van der Waals surface area contributed by atoms with Crippen molar-refractivity contribution in [3.63, 3.8) is 0 Å². The van der Waals surface area contributed by atoms with Crippen molar-refractivity contribution in [1.29, 1.82) is 5.26 Å². The maximum Gasteiger partial charge on any atom is 0.112 e. The number of hydrogen-bond donors (Lipinski definition) is 2. The number of nitriles is 1. The standard InChI is InChI=1S/C15H23NO2/c1-13(2)11-5-6-15(4,18)9-14(11,3)7-10(8-16)12(13)17/h11,17-18H,5-7,9H2,1-4H3/t11-,14+,15-/m0/s1. The van der Waals surface area contributed by atoms with Gasteiger partial charge in [-0.15, -0.1) is 0 Å². The molecule has 2 aliphatic rings. The van der Waals surface area contributed by atoms with E-state index in [9.17, 15) is 15.5 Å². The van der Waals surface area contributed by atoms with Crippen LogP contribution in [0.1, 0.15) is 53.4 Å². The van der Waals surface area contributed by atoms with Gasteiger partial charge in [0.15, 0.2) is 0 Å². The highest BCUT2D eigenvalue weighted by molar-refractivity contribution is 5.34. The summed E-state index contributed by atoms with van der Waals surface area (Å²) >= 11 is 0. The first-order chi connectivity index (χ1) is 8.12. The van der Waals surface area contributed by atoms with Gasteiger partial charge in [-0.3, -0.25) is 0 Å². The normalized spacial score (nSPS) is 43.2. The molecular formula is C15H23NO2. The molecule has 0 spiro atoms. The molecule has 0 unspecified atom stereocenters. The molecule has 100 valence electrons. The van der Waals surface area contributed by atoms with E-state index in [1.165, 1.54) is 0 Å². The van der Waals surface area contributed by atoms with Crippen molar-refractivity contribution < 1.29 is 10.2 Å². The van der Waals surface area contributed by atoms with Crippen molar-refractivity contribution in [2.75, 3.05) is 0 Å². The minimum Gasteiger partial charge on any atom is -0.511 e. The average Bonchev–Trinajstić information content (AvgIpc) is 2.21. The minimum atomic E-state index is -0.644. The van der Waals surface area contributed by atoms with E-state index in [-0.39, 0.29) is 16.6 Å². The van der Waals surface area contributed by atoms with Crippen molar-refractivity contribution in [1.82, 2.24) is 0 Å². The smallest absolute Gasteiger partial charge is 0.112 e. The summed E-state index contributed by atoms with van der Waals surface area (Å²) in [7, 11) is 0. The Morgan fingerprint density at radius 1 is 1.28 bits per heavy atom. The second kappa shape index (κ2) is 3.74. The first-order valence-corrected chi connectivity index (χ1v) is 6.67. The zero-order valence-electron chi connectivity index (χ0n) is 11.7. The van der Waals surface area contributed by atoms with Gasteiger partial charge >= 0.3 is 0 Å². The van der Waals surface area contributed by atoms with Crippen molar-refractivity contribution in [3.05, 3.63) is 11.3 Å². The maximum atomic E-state index is 10.3. The minimum absolute atomic E-state index is 0.0947. The van der Waals surface area contributed by atoms with Crippen LogP contribution in [0.25, 0.3) is 0 Å². The van der Waals surface area contributed by atoms with Crippen LogP contribution in [0.3, 0.4) is 0 Å². The fourth-order valence-corrected chi connectivity index (χ4v) is 4.44. The zero-order valence-corrected chi connectivity index (χ0v) is 11.7. The number of rotatable bonds is 0. The molecule has 0 aromatic rings. The summed E-state index contributed by atoms with van der Waals surface area (Å²) in [4.78, 5) is 0. The molecule has 0 saturated heterocycles. The van der Waals surface area contributed by atoms with Crippen LogP contribution in [0.4, 0.5) is 0 Å². The van der Waals surface area contributed by atoms with E-state index >= 15 is 0 Å². The van der Waals surface area contributed by atoms with Crippen LogP contribution in [0, 0.1) is 28.1 Å². The molecule has 0 radical (unpaired) electrons. The van der Waals surface area contributed by atoms with Gasteiger partial charge in [-0.2, -0.15) is 5.26 Å². The quantitative estimate of drug-likeness (QED) is 0.692. The van der Waals surface area contributed by atoms with E-state index in [1.54, 1.807) is 0 Å². The van der Waals surface area contributed by atoms with E-state index in [4.69, 9.17) is 0 Å². The van der Waals surface area contributed by atoms with Gasteiger partial charge in [0.2, 0.25) is 0 Å². The molecule has 3 heteroatoms. The lowest BCUT2D eigenvalue weighted by atomic mass is 9.50. The molecule has 0 aromatic carbocycles. The van der Waals surface area contributed by atoms with Crippen LogP contribution in [-0.2, 0) is 0 Å². The molecule has 0 aliphatic heterocycles. The molecule has 0 aromatic heterocycles. The molecule has 2 rings (SSSR count). The van der Waals surface area contributed by atoms with Gasteiger partial charge in [0.05, 0.1) is 17.2 Å². The van der Waals surface area contributed by atoms with Crippen molar-refractivity contribution in [3.8, 4) is 6.07 Å². The van der Waals surface area contributed by atoms with Crippen LogP contribution in [0.5, 0.6) is 0 Å². The lowest BCUT2D eigenvalue weighted by molar-refractivity contribution is -0.0974. The Morgan fingerprint density at radius 3 is 2.44 bits per heavy atom. The van der Waals surface area contributed by atoms with Crippen LogP contribution >= 0.6 is 0 Å². The maximum absolute atomic E-state index is 10.3. The Labute approximate surface area is 109 Å². The van der Waals surface area contributed by atoms with Gasteiger partial charge < -0.3 is 10.2 Å². The van der Waals surface area contributed by atoms with Gasteiger partial charge in [-0.1, -0.05) is 20.8 Å². The van der Waals surface area contributed by atoms with Crippen molar-refractivity contribution in [2.45, 2.75) is 59.0 Å². The molecule has 3 nitrogen and oxygen atoms in total. The summed E-state index contributed by atoms with van der Waals surface area (Å²) < 4.78 is 0. The number of fused-ring (bicyclic) bond motifs is 1. The predicted molar refractivity (Wildman–Crippen MR) is 69.7 cm³/mol. The Balaban J connectivity index is 2.48. The second-order valence-electron chi connectivity index (χ2n) is 7.26. The molecular weight excluding hydrogens is 226 g/mol. The molecule has 2 N–H and O–H groups in total. The first kappa shape index (κ1) is 13.4. The summed E-state index contributed by atoms with van der Waals surface area (Å²) in [5.74, 6) is 0.580. The van der Waals surface area contributed by atoms with Crippen LogP contribution in [0.2, 0.25) is 0 Å². The third-order valence-corrected chi connectivity index (χ3v) is 5.08. The largest absolute Gasteiger partial charge is 0.511 e. The third kappa shape index (κ3) is 1.83. The van der Waals surface area contributed by atoms with Gasteiger partial charge in [-0.25, -0.2) is 0 Å². The number of aliphatic hydroxyl groups excluding tert-OH is 1. The molecule has 18 heavy (non-hydrogen) atoms. The van der Waals surface area contributed by atoms with Gasteiger partial charge in [0, 0.05) is 5.41 Å². The highest BCUT2D eigenvalue weighted by Gasteiger charge is 2.55. The number of hydrogen-bond acceptors (Lipinski definition) is 3. The van der Waals surface area contributed by atoms with Gasteiger partial charge in [0.25, 0.3) is 0 Å². The zero-order chi connectivity index (χ0) is 13.8. The Morgan fingerprint density at radius 2 is 1.89 bits per heavy atom. The molecule has 0 amide bonds. The van der Waals surface area contributed by atoms with Gasteiger partial charge in [-0.05, 0) is 43.9 Å². The van der Waals surface area contributed by atoms with Crippen LogP contribution in [-0.4, -0.2) is 15.8 Å². The number of allylic oxidation sites excluding steroid dienone is 2. The summed E-state index contributed by atoms with van der Waals surface area (Å²) in [6, 6.07) is 2.14. The van der Waals surface area contributed by atoms with E-state index in [0.29, 0.717) is 24.3 Å². The van der Waals surface area contributed by atoms with Crippen LogP contribution in [0.15, 0.2) is 11.3 Å². The SMILES string of the molecule is CC1(C)C(O)=C(C#N)C[C@]2(C)C[C@@](C)(O)CC[C@@H]12. The summed E-state index contributed by atoms with van der Waals surface area (Å²) in [6.07, 6.45) is 2.96. The fraction of sp³-hybridized carbons (Fsp3) is 0.800. The van der Waals surface area contributed by atoms with Gasteiger partial charge in [0.1, 0.15) is 5.76 Å². The molecule has 0 bridgehead atoms. The molecule has 1 fully saturated rings. The summed E-state index contributed by atoms with van der Waals surface area (Å²) in [5.41, 5.74) is -0.608. The van der Waals surface area contributed by atoms with E-state index < -0.39 is 5.60 Å². The third-order valence-electron chi connectivity index (χ3n) is 5.08. The lowest BCUT2D eigenvalue weighted by Crippen LogP contribution is -2.51. The number of nitrogens with zero attached hydrogens (tertiary/aromatic N) is 1. The number of aliphatic hydroxyl groups is 2. The summed E-state index contributed by atoms with van der Waals surface area (Å²) in [6.45, 7) is 8.06. The van der Waals surface area contributed by atoms with Crippen molar-refractivity contribution >= 4 is 0 Å². The Hall–Kier alpha value is -1.01. The van der Waals surface area contributed by atoms with E-state index in [1.807, 2.05) is 20.8 Å². The first-order valence-electron chi connectivity index (χ1n) is 6.67.